The monoisotopic (exact) mass is 372 g/mol. The van der Waals surface area contributed by atoms with Crippen LogP contribution in [0.1, 0.15) is 30.1 Å². The summed E-state index contributed by atoms with van der Waals surface area (Å²) in [4.78, 5) is 12.6. The highest BCUT2D eigenvalue weighted by Crippen LogP contribution is 2.24. The van der Waals surface area contributed by atoms with Crippen molar-refractivity contribution in [3.8, 4) is 0 Å². The summed E-state index contributed by atoms with van der Waals surface area (Å²) >= 11 is 0. The first kappa shape index (κ1) is 18.6. The van der Waals surface area contributed by atoms with Gasteiger partial charge in [-0.15, -0.1) is 0 Å². The van der Waals surface area contributed by atoms with E-state index < -0.39 is 10.0 Å². The van der Waals surface area contributed by atoms with E-state index >= 15 is 0 Å². The number of anilines is 1. The van der Waals surface area contributed by atoms with Gasteiger partial charge in [-0.25, -0.2) is 8.42 Å². The Morgan fingerprint density at radius 3 is 2.46 bits per heavy atom. The summed E-state index contributed by atoms with van der Waals surface area (Å²) in [6, 6.07) is 15.8. The summed E-state index contributed by atoms with van der Waals surface area (Å²) in [5.41, 5.74) is 1.26. The Bertz CT molecular complexity index is 858. The number of para-hydroxylation sites is 1. The zero-order valence-corrected chi connectivity index (χ0v) is 15.7. The average Bonchev–Trinajstić information content (AvgIpc) is 2.67. The molecule has 3 rings (SSSR count). The van der Waals surface area contributed by atoms with Crippen LogP contribution < -0.4 is 5.32 Å². The van der Waals surface area contributed by atoms with E-state index in [9.17, 15) is 13.2 Å². The Kier molecular flexibility index (Phi) is 5.74. The van der Waals surface area contributed by atoms with Crippen molar-refractivity contribution < 1.29 is 13.2 Å². The third-order valence-electron chi connectivity index (χ3n) is 4.76. The molecule has 0 saturated carbocycles. The molecule has 0 aromatic heterocycles. The van der Waals surface area contributed by atoms with Gasteiger partial charge in [0.1, 0.15) is 0 Å². The van der Waals surface area contributed by atoms with Gasteiger partial charge in [-0.3, -0.25) is 4.79 Å². The maximum absolute atomic E-state index is 12.8. The molecule has 1 heterocycles. The lowest BCUT2D eigenvalue weighted by molar-refractivity contribution is 0.101. The summed E-state index contributed by atoms with van der Waals surface area (Å²) in [5, 5.41) is 3.06. The fourth-order valence-corrected chi connectivity index (χ4v) is 4.56. The van der Waals surface area contributed by atoms with E-state index in [0.29, 0.717) is 24.6 Å². The number of sulfonamides is 1. The normalized spacial score (nSPS) is 16.3. The fourth-order valence-electron chi connectivity index (χ4n) is 3.04. The number of ketones is 1. The van der Waals surface area contributed by atoms with E-state index in [-0.39, 0.29) is 17.2 Å². The van der Waals surface area contributed by atoms with Crippen molar-refractivity contribution in [2.45, 2.75) is 24.7 Å². The molecule has 1 aliphatic rings. The minimum Gasteiger partial charge on any atom is -0.378 e. The molecule has 1 aliphatic heterocycles. The molecular weight excluding hydrogens is 348 g/mol. The number of piperidine rings is 1. The molecule has 0 unspecified atom stereocenters. The van der Waals surface area contributed by atoms with Crippen LogP contribution in [0.25, 0.3) is 0 Å². The molecule has 6 heteroatoms. The van der Waals surface area contributed by atoms with Crippen LogP contribution in [0.2, 0.25) is 0 Å². The fraction of sp³-hybridized carbons (Fsp3) is 0.350. The van der Waals surface area contributed by atoms with Crippen LogP contribution >= 0.6 is 0 Å². The second kappa shape index (κ2) is 8.01. The molecule has 0 amide bonds. The van der Waals surface area contributed by atoms with Crippen molar-refractivity contribution in [3.05, 3.63) is 60.2 Å². The van der Waals surface area contributed by atoms with Gasteiger partial charge in [0.25, 0.3) is 0 Å². The number of Topliss-reactive ketones (excluding diaryl/α,β-unsaturated/α-hetero) is 1. The Hall–Kier alpha value is -2.18. The van der Waals surface area contributed by atoms with Crippen molar-refractivity contribution in [2.24, 2.45) is 5.92 Å². The highest BCUT2D eigenvalue weighted by Gasteiger charge is 2.28. The summed E-state index contributed by atoms with van der Waals surface area (Å²) in [6.45, 7) is 3.34. The highest BCUT2D eigenvalue weighted by atomic mass is 32.2. The first-order valence-corrected chi connectivity index (χ1v) is 10.3. The molecule has 2 aromatic rings. The van der Waals surface area contributed by atoms with Crippen LogP contribution in [0, 0.1) is 5.92 Å². The van der Waals surface area contributed by atoms with Crippen LogP contribution in [-0.2, 0) is 10.0 Å². The quantitative estimate of drug-likeness (QED) is 0.789. The van der Waals surface area contributed by atoms with Gasteiger partial charge in [0, 0.05) is 24.3 Å². The second-order valence-corrected chi connectivity index (χ2v) is 8.70. The van der Waals surface area contributed by atoms with Crippen LogP contribution in [0.4, 0.5) is 5.69 Å². The average molecular weight is 372 g/mol. The van der Waals surface area contributed by atoms with Gasteiger partial charge in [0.05, 0.1) is 11.4 Å². The Morgan fingerprint density at radius 2 is 1.77 bits per heavy atom. The Labute approximate surface area is 155 Å². The SMILES string of the molecule is CC1CCN(S(=O)(=O)c2cccc(C(=O)CNc3ccccc3)c2)CC1. The van der Waals surface area contributed by atoms with Crippen molar-refractivity contribution >= 4 is 21.5 Å². The van der Waals surface area contributed by atoms with Crippen LogP contribution in [0.15, 0.2) is 59.5 Å². The van der Waals surface area contributed by atoms with E-state index in [1.807, 2.05) is 30.3 Å². The highest BCUT2D eigenvalue weighted by molar-refractivity contribution is 7.89. The van der Waals surface area contributed by atoms with Crippen LogP contribution in [-0.4, -0.2) is 38.1 Å². The van der Waals surface area contributed by atoms with Gasteiger partial charge >= 0.3 is 0 Å². The van der Waals surface area contributed by atoms with Gasteiger partial charge in [0.15, 0.2) is 5.78 Å². The largest absolute Gasteiger partial charge is 0.378 e. The molecule has 0 bridgehead atoms. The molecule has 26 heavy (non-hydrogen) atoms. The lowest BCUT2D eigenvalue weighted by Gasteiger charge is -2.29. The van der Waals surface area contributed by atoms with E-state index in [2.05, 4.69) is 12.2 Å². The van der Waals surface area contributed by atoms with Gasteiger partial charge < -0.3 is 5.32 Å². The first-order valence-electron chi connectivity index (χ1n) is 8.89. The van der Waals surface area contributed by atoms with Gasteiger partial charge in [-0.2, -0.15) is 4.31 Å². The van der Waals surface area contributed by atoms with Gasteiger partial charge in [-0.05, 0) is 43.0 Å². The van der Waals surface area contributed by atoms with Crippen molar-refractivity contribution in [2.75, 3.05) is 25.0 Å². The number of carbonyl (C=O) groups excluding carboxylic acids is 1. The minimum absolute atomic E-state index is 0.120. The number of benzene rings is 2. The Balaban J connectivity index is 1.72. The predicted octanol–water partition coefficient (Wildman–Crippen LogP) is 3.40. The standard InChI is InChI=1S/C20H24N2O3S/c1-16-10-12-22(13-11-16)26(24,25)19-9-5-6-17(14-19)20(23)15-21-18-7-3-2-4-8-18/h2-9,14,16,21H,10-13,15H2,1H3. The second-order valence-electron chi connectivity index (χ2n) is 6.76. The van der Waals surface area contributed by atoms with E-state index in [1.165, 1.54) is 10.4 Å². The number of hydrogen-bond acceptors (Lipinski definition) is 4. The van der Waals surface area contributed by atoms with Crippen LogP contribution in [0.3, 0.4) is 0 Å². The van der Waals surface area contributed by atoms with Crippen LogP contribution in [0.5, 0.6) is 0 Å². The lowest BCUT2D eigenvalue weighted by Crippen LogP contribution is -2.37. The molecule has 0 atom stereocenters. The van der Waals surface area contributed by atoms with Crippen molar-refractivity contribution in [3.63, 3.8) is 0 Å². The van der Waals surface area contributed by atoms with E-state index in [0.717, 1.165) is 18.5 Å². The van der Waals surface area contributed by atoms with Crippen molar-refractivity contribution in [1.29, 1.82) is 0 Å². The van der Waals surface area contributed by atoms with Crippen molar-refractivity contribution in [1.82, 2.24) is 4.31 Å². The van der Waals surface area contributed by atoms with Gasteiger partial charge in [0.2, 0.25) is 10.0 Å². The van der Waals surface area contributed by atoms with E-state index in [1.54, 1.807) is 18.2 Å². The zero-order chi connectivity index (χ0) is 18.6. The minimum atomic E-state index is -3.55. The summed E-state index contributed by atoms with van der Waals surface area (Å²) in [5.74, 6) is 0.414. The number of nitrogens with zero attached hydrogens (tertiary/aromatic N) is 1. The maximum atomic E-state index is 12.8. The zero-order valence-electron chi connectivity index (χ0n) is 14.9. The molecule has 0 radical (unpaired) electrons. The first-order chi connectivity index (χ1) is 12.5. The molecule has 0 aliphatic carbocycles. The maximum Gasteiger partial charge on any atom is 0.243 e. The molecule has 5 nitrogen and oxygen atoms in total. The lowest BCUT2D eigenvalue weighted by atomic mass is 10.0. The molecule has 0 spiro atoms. The summed E-state index contributed by atoms with van der Waals surface area (Å²) in [6.07, 6.45) is 1.75. The molecule has 1 saturated heterocycles. The number of rotatable bonds is 6. The number of hydrogen-bond donors (Lipinski definition) is 1. The topological polar surface area (TPSA) is 66.5 Å². The molecular formula is C20H24N2O3S. The van der Waals surface area contributed by atoms with Gasteiger partial charge in [-0.1, -0.05) is 37.3 Å². The third kappa shape index (κ3) is 4.31. The molecule has 138 valence electrons. The molecule has 1 N–H and O–H groups in total. The predicted molar refractivity (Wildman–Crippen MR) is 103 cm³/mol. The third-order valence-corrected chi connectivity index (χ3v) is 6.66. The molecule has 2 aromatic carbocycles. The molecule has 1 fully saturated rings. The Morgan fingerprint density at radius 1 is 1.08 bits per heavy atom. The summed E-state index contributed by atoms with van der Waals surface area (Å²) in [7, 11) is -3.55. The summed E-state index contributed by atoms with van der Waals surface area (Å²) < 4.78 is 27.2. The number of carbonyl (C=O) groups is 1. The van der Waals surface area contributed by atoms with E-state index in [4.69, 9.17) is 0 Å². The number of nitrogens with one attached hydrogen (secondary N) is 1. The smallest absolute Gasteiger partial charge is 0.243 e.